The van der Waals surface area contributed by atoms with E-state index in [2.05, 4.69) is 36.0 Å². The fourth-order valence-electron chi connectivity index (χ4n) is 2.65. The van der Waals surface area contributed by atoms with Crippen LogP contribution in [0.25, 0.3) is 11.6 Å². The van der Waals surface area contributed by atoms with Crippen molar-refractivity contribution in [3.63, 3.8) is 0 Å². The van der Waals surface area contributed by atoms with Gasteiger partial charge in [-0.05, 0) is 25.9 Å². The predicted molar refractivity (Wildman–Crippen MR) is 103 cm³/mol. The van der Waals surface area contributed by atoms with Gasteiger partial charge in [0.15, 0.2) is 17.3 Å². The third kappa shape index (κ3) is 4.42. The van der Waals surface area contributed by atoms with Crippen LogP contribution in [0.15, 0.2) is 15.7 Å². The molecule has 11 heteroatoms. The molecular formula is C17H25N9O2. The van der Waals surface area contributed by atoms with Crippen molar-refractivity contribution in [3.8, 4) is 11.6 Å². The largest absolute Gasteiger partial charge is 0.419 e. The van der Waals surface area contributed by atoms with Gasteiger partial charge in [0.25, 0.3) is 5.89 Å². The molecule has 1 fully saturated rings. The number of carbonyl (C=O) groups is 1. The summed E-state index contributed by atoms with van der Waals surface area (Å²) >= 11 is 0. The molecule has 0 aliphatic carbocycles. The molecule has 2 aromatic rings. The molecule has 3 heterocycles. The van der Waals surface area contributed by atoms with Crippen LogP contribution in [-0.2, 0) is 10.2 Å². The number of nitrogens with two attached hydrogens (primary N) is 2. The first-order valence-electron chi connectivity index (χ1n) is 9.06. The topological polar surface area (TPSA) is 170 Å². The van der Waals surface area contributed by atoms with Gasteiger partial charge in [-0.1, -0.05) is 20.8 Å². The Kier molecular flexibility index (Phi) is 5.54. The number of hydrogen-bond acceptors (Lipinski definition) is 9. The van der Waals surface area contributed by atoms with Crippen molar-refractivity contribution >= 4 is 17.6 Å². The number of amidine groups is 1. The highest BCUT2D eigenvalue weighted by atomic mass is 16.4. The molecule has 1 amide bonds. The third-order valence-electron chi connectivity index (χ3n) is 4.33. The summed E-state index contributed by atoms with van der Waals surface area (Å²) < 4.78 is 5.67. The molecule has 0 saturated carbocycles. The molecule has 2 aromatic heterocycles. The number of amides is 1. The number of anilines is 1. The van der Waals surface area contributed by atoms with Crippen LogP contribution in [0, 0.1) is 5.92 Å². The Balaban J connectivity index is 1.78. The molecule has 0 bridgehead atoms. The van der Waals surface area contributed by atoms with Crippen molar-refractivity contribution in [2.75, 3.05) is 18.8 Å². The number of hydrogen-bond donors (Lipinski definition) is 4. The summed E-state index contributed by atoms with van der Waals surface area (Å²) in [7, 11) is 0. The van der Waals surface area contributed by atoms with Crippen LogP contribution in [0.5, 0.6) is 0 Å². The molecule has 0 radical (unpaired) electrons. The van der Waals surface area contributed by atoms with Crippen molar-refractivity contribution in [3.05, 3.63) is 17.8 Å². The van der Waals surface area contributed by atoms with Gasteiger partial charge in [0.05, 0.1) is 6.20 Å². The number of hydrazone groups is 1. The van der Waals surface area contributed by atoms with Gasteiger partial charge >= 0.3 is 0 Å². The molecule has 1 aliphatic heterocycles. The zero-order valence-electron chi connectivity index (χ0n) is 16.2. The van der Waals surface area contributed by atoms with E-state index in [0.29, 0.717) is 5.89 Å². The molecule has 0 spiro atoms. The highest BCUT2D eigenvalue weighted by Gasteiger charge is 2.24. The Bertz CT molecular complexity index is 879. The van der Waals surface area contributed by atoms with Crippen LogP contribution < -0.4 is 22.2 Å². The molecule has 11 nitrogen and oxygen atoms in total. The summed E-state index contributed by atoms with van der Waals surface area (Å²) in [5.74, 6) is 0.471. The number of piperidine rings is 1. The van der Waals surface area contributed by atoms with Gasteiger partial charge in [0.2, 0.25) is 11.8 Å². The van der Waals surface area contributed by atoms with E-state index >= 15 is 0 Å². The maximum atomic E-state index is 12.2. The monoisotopic (exact) mass is 387 g/mol. The van der Waals surface area contributed by atoms with E-state index in [4.69, 9.17) is 15.9 Å². The van der Waals surface area contributed by atoms with Crippen molar-refractivity contribution in [2.24, 2.45) is 16.8 Å². The minimum Gasteiger partial charge on any atom is -0.419 e. The quantitative estimate of drug-likeness (QED) is 0.323. The standard InChI is InChI=1S/C17H25N9O2/c1-17(2,3)16-26-25-15(28-16)11-13(19)21-8-10(22-11)12(18)23-24-14(27)9-4-6-20-7-5-9/h8-9,20H,4-7H2,1-3H3,(H2,18,23)(H2,19,21)(H,24,27). The van der Waals surface area contributed by atoms with E-state index in [-0.39, 0.29) is 46.2 Å². The first-order valence-corrected chi connectivity index (χ1v) is 9.06. The van der Waals surface area contributed by atoms with Crippen LogP contribution in [0.1, 0.15) is 45.2 Å². The summed E-state index contributed by atoms with van der Waals surface area (Å²) in [5, 5.41) is 15.2. The summed E-state index contributed by atoms with van der Waals surface area (Å²) in [5.41, 5.74) is 14.5. The number of nitrogens with one attached hydrogen (secondary N) is 2. The highest BCUT2D eigenvalue weighted by Crippen LogP contribution is 2.26. The second-order valence-corrected chi connectivity index (χ2v) is 7.65. The van der Waals surface area contributed by atoms with Crippen molar-refractivity contribution in [2.45, 2.75) is 39.0 Å². The third-order valence-corrected chi connectivity index (χ3v) is 4.33. The molecule has 1 aliphatic rings. The molecule has 0 aromatic carbocycles. The summed E-state index contributed by atoms with van der Waals surface area (Å²) in [6, 6.07) is 0. The lowest BCUT2D eigenvalue weighted by Gasteiger charge is -2.20. The molecule has 6 N–H and O–H groups in total. The number of aromatic nitrogens is 4. The Hall–Kier alpha value is -3.08. The second-order valence-electron chi connectivity index (χ2n) is 7.65. The van der Waals surface area contributed by atoms with Crippen LogP contribution in [-0.4, -0.2) is 45.0 Å². The SMILES string of the molecule is CC(C)(C)c1nnc(-c2nc(/C(N)=N/NC(=O)C3CCNCC3)cnc2N)o1. The van der Waals surface area contributed by atoms with Gasteiger partial charge in [-0.15, -0.1) is 10.2 Å². The predicted octanol–water partition coefficient (Wildman–Crippen LogP) is 0.142. The number of nitrogen functional groups attached to an aromatic ring is 1. The Morgan fingerprint density at radius 1 is 1.32 bits per heavy atom. The Labute approximate surface area is 162 Å². The van der Waals surface area contributed by atoms with E-state index in [1.165, 1.54) is 6.20 Å². The molecule has 1 saturated heterocycles. The maximum Gasteiger partial charge on any atom is 0.270 e. The van der Waals surface area contributed by atoms with Gasteiger partial charge in [0.1, 0.15) is 5.69 Å². The molecular weight excluding hydrogens is 362 g/mol. The summed E-state index contributed by atoms with van der Waals surface area (Å²) in [6.07, 6.45) is 2.90. The van der Waals surface area contributed by atoms with Gasteiger partial charge < -0.3 is 21.2 Å². The average molecular weight is 387 g/mol. The summed E-state index contributed by atoms with van der Waals surface area (Å²) in [6.45, 7) is 7.47. The molecule has 0 unspecified atom stereocenters. The van der Waals surface area contributed by atoms with Crippen LogP contribution in [0.2, 0.25) is 0 Å². The number of nitrogens with zero attached hydrogens (tertiary/aromatic N) is 5. The first-order chi connectivity index (χ1) is 13.3. The van der Waals surface area contributed by atoms with Crippen molar-refractivity contribution in [1.29, 1.82) is 0 Å². The van der Waals surface area contributed by atoms with Crippen LogP contribution >= 0.6 is 0 Å². The van der Waals surface area contributed by atoms with Crippen molar-refractivity contribution < 1.29 is 9.21 Å². The number of rotatable bonds is 4. The molecule has 3 rings (SSSR count). The molecule has 28 heavy (non-hydrogen) atoms. The summed E-state index contributed by atoms with van der Waals surface area (Å²) in [4.78, 5) is 20.6. The van der Waals surface area contributed by atoms with Crippen LogP contribution in [0.3, 0.4) is 0 Å². The average Bonchev–Trinajstić information content (AvgIpc) is 3.17. The second kappa shape index (κ2) is 7.89. The number of carbonyl (C=O) groups excluding carboxylic acids is 1. The zero-order chi connectivity index (χ0) is 20.3. The van der Waals surface area contributed by atoms with Crippen LogP contribution in [0.4, 0.5) is 5.82 Å². The van der Waals surface area contributed by atoms with E-state index in [9.17, 15) is 4.79 Å². The van der Waals surface area contributed by atoms with E-state index < -0.39 is 0 Å². The minimum atomic E-state index is -0.315. The minimum absolute atomic E-state index is 0.00611. The first kappa shape index (κ1) is 19.7. The normalized spacial score (nSPS) is 16.2. The zero-order valence-corrected chi connectivity index (χ0v) is 16.2. The fraction of sp³-hybridized carbons (Fsp3) is 0.529. The van der Waals surface area contributed by atoms with E-state index in [1.807, 2.05) is 20.8 Å². The van der Waals surface area contributed by atoms with E-state index in [0.717, 1.165) is 25.9 Å². The fourth-order valence-corrected chi connectivity index (χ4v) is 2.65. The van der Waals surface area contributed by atoms with Gasteiger partial charge in [-0.25, -0.2) is 15.4 Å². The Morgan fingerprint density at radius 2 is 2.04 bits per heavy atom. The van der Waals surface area contributed by atoms with E-state index in [1.54, 1.807) is 0 Å². The van der Waals surface area contributed by atoms with Gasteiger partial charge in [-0.3, -0.25) is 4.79 Å². The lowest BCUT2D eigenvalue weighted by molar-refractivity contribution is -0.125. The molecule has 150 valence electrons. The lowest BCUT2D eigenvalue weighted by Crippen LogP contribution is -2.37. The Morgan fingerprint density at radius 3 is 2.68 bits per heavy atom. The lowest BCUT2D eigenvalue weighted by atomic mass is 9.97. The van der Waals surface area contributed by atoms with Crippen molar-refractivity contribution in [1.82, 2.24) is 30.9 Å². The van der Waals surface area contributed by atoms with Gasteiger partial charge in [0, 0.05) is 11.3 Å². The highest BCUT2D eigenvalue weighted by molar-refractivity contribution is 5.96. The molecule has 0 atom stereocenters. The van der Waals surface area contributed by atoms with Gasteiger partial charge in [-0.2, -0.15) is 5.10 Å². The smallest absolute Gasteiger partial charge is 0.270 e. The maximum absolute atomic E-state index is 12.2.